The first kappa shape index (κ1) is 12.9. The zero-order valence-corrected chi connectivity index (χ0v) is 11.1. The van der Waals surface area contributed by atoms with Gasteiger partial charge in [-0.2, -0.15) is 0 Å². The maximum Gasteiger partial charge on any atom is 0.163 e. The van der Waals surface area contributed by atoms with Crippen LogP contribution in [-0.4, -0.2) is 23.5 Å². The zero-order valence-electron chi connectivity index (χ0n) is 11.1. The molecule has 1 saturated heterocycles. The fraction of sp³-hybridized carbons (Fsp3) is 0.533. The summed E-state index contributed by atoms with van der Waals surface area (Å²) in [5.41, 5.74) is 1.44. The van der Waals surface area contributed by atoms with Gasteiger partial charge in [-0.15, -0.1) is 0 Å². The summed E-state index contributed by atoms with van der Waals surface area (Å²) in [6, 6.07) is 5.96. The zero-order chi connectivity index (χ0) is 13.1. The lowest BCUT2D eigenvalue weighted by Crippen LogP contribution is -2.39. The van der Waals surface area contributed by atoms with Gasteiger partial charge < -0.3 is 10.0 Å². The second-order valence-electron chi connectivity index (χ2n) is 5.01. The van der Waals surface area contributed by atoms with E-state index >= 15 is 0 Å². The molecule has 1 aliphatic rings. The number of benzene rings is 1. The van der Waals surface area contributed by atoms with Crippen LogP contribution in [0.25, 0.3) is 0 Å². The Kier molecular flexibility index (Phi) is 3.90. The van der Waals surface area contributed by atoms with Crippen molar-refractivity contribution in [3.8, 4) is 5.75 Å². The Labute approximate surface area is 108 Å². The molecule has 0 aliphatic carbocycles. The number of phenolic OH excluding ortho intramolecular Hbond substituents is 1. The van der Waals surface area contributed by atoms with Crippen molar-refractivity contribution in [3.63, 3.8) is 0 Å². The Morgan fingerprint density at radius 2 is 2.22 bits per heavy atom. The van der Waals surface area contributed by atoms with Crippen molar-refractivity contribution in [2.24, 2.45) is 0 Å². The SMILES string of the molecule is CCC1CCCCN1c1ccc(C(C)=O)c(O)c1. The molecule has 0 spiro atoms. The third kappa shape index (κ3) is 2.50. The van der Waals surface area contributed by atoms with Gasteiger partial charge in [0.25, 0.3) is 0 Å². The monoisotopic (exact) mass is 247 g/mol. The largest absolute Gasteiger partial charge is 0.507 e. The fourth-order valence-corrected chi connectivity index (χ4v) is 2.76. The molecule has 0 radical (unpaired) electrons. The van der Waals surface area contributed by atoms with Crippen molar-refractivity contribution >= 4 is 11.5 Å². The number of nitrogens with zero attached hydrogens (tertiary/aromatic N) is 1. The van der Waals surface area contributed by atoms with E-state index in [-0.39, 0.29) is 11.5 Å². The number of hydrogen-bond acceptors (Lipinski definition) is 3. The molecule has 3 nitrogen and oxygen atoms in total. The van der Waals surface area contributed by atoms with Gasteiger partial charge >= 0.3 is 0 Å². The van der Waals surface area contributed by atoms with Crippen molar-refractivity contribution in [2.45, 2.75) is 45.6 Å². The summed E-state index contributed by atoms with van der Waals surface area (Å²) < 4.78 is 0. The molecule has 1 atom stereocenters. The van der Waals surface area contributed by atoms with E-state index in [1.165, 1.54) is 26.2 Å². The minimum atomic E-state index is -0.0928. The number of anilines is 1. The van der Waals surface area contributed by atoms with Gasteiger partial charge in [-0.1, -0.05) is 6.92 Å². The highest BCUT2D eigenvalue weighted by atomic mass is 16.3. The van der Waals surface area contributed by atoms with E-state index in [2.05, 4.69) is 11.8 Å². The molecule has 0 saturated carbocycles. The second kappa shape index (κ2) is 5.42. The van der Waals surface area contributed by atoms with E-state index in [4.69, 9.17) is 0 Å². The van der Waals surface area contributed by atoms with Crippen LogP contribution in [0.3, 0.4) is 0 Å². The molecule has 1 fully saturated rings. The maximum absolute atomic E-state index is 11.3. The van der Waals surface area contributed by atoms with Gasteiger partial charge in [-0.05, 0) is 44.7 Å². The first-order chi connectivity index (χ1) is 8.63. The van der Waals surface area contributed by atoms with Crippen LogP contribution < -0.4 is 4.90 Å². The number of carbonyl (C=O) groups is 1. The van der Waals surface area contributed by atoms with Gasteiger partial charge in [0.05, 0.1) is 5.56 Å². The normalized spacial score (nSPS) is 19.9. The van der Waals surface area contributed by atoms with Crippen LogP contribution in [0.4, 0.5) is 5.69 Å². The van der Waals surface area contributed by atoms with Crippen LogP contribution in [0.5, 0.6) is 5.75 Å². The number of carbonyl (C=O) groups excluding carboxylic acids is 1. The Hall–Kier alpha value is -1.51. The number of Topliss-reactive ketones (excluding diaryl/α,β-unsaturated/α-hetero) is 1. The van der Waals surface area contributed by atoms with E-state index in [1.807, 2.05) is 6.07 Å². The number of aromatic hydroxyl groups is 1. The predicted octanol–water partition coefficient (Wildman–Crippen LogP) is 3.36. The van der Waals surface area contributed by atoms with E-state index in [9.17, 15) is 9.90 Å². The molecular weight excluding hydrogens is 226 g/mol. The van der Waals surface area contributed by atoms with Gasteiger partial charge in [-0.3, -0.25) is 4.79 Å². The topological polar surface area (TPSA) is 40.5 Å². The van der Waals surface area contributed by atoms with Crippen molar-refractivity contribution < 1.29 is 9.90 Å². The minimum absolute atomic E-state index is 0.0928. The highest BCUT2D eigenvalue weighted by Gasteiger charge is 2.21. The predicted molar refractivity (Wildman–Crippen MR) is 73.4 cm³/mol. The van der Waals surface area contributed by atoms with Crippen LogP contribution in [0.15, 0.2) is 18.2 Å². The average molecular weight is 247 g/mol. The fourth-order valence-electron chi connectivity index (χ4n) is 2.76. The molecule has 1 aromatic rings. The first-order valence-electron chi connectivity index (χ1n) is 6.74. The molecule has 1 unspecified atom stereocenters. The molecule has 1 aromatic carbocycles. The molecule has 3 heteroatoms. The van der Waals surface area contributed by atoms with E-state index in [1.54, 1.807) is 12.1 Å². The summed E-state index contributed by atoms with van der Waals surface area (Å²) in [6.45, 7) is 4.72. The lowest BCUT2D eigenvalue weighted by atomic mass is 9.98. The van der Waals surface area contributed by atoms with Gasteiger partial charge in [0.1, 0.15) is 5.75 Å². The molecule has 1 N–H and O–H groups in total. The standard InChI is InChI=1S/C15H21NO2/c1-3-12-6-4-5-9-16(12)13-7-8-14(11(2)17)15(18)10-13/h7-8,10,12,18H,3-6,9H2,1-2H3. The van der Waals surface area contributed by atoms with Gasteiger partial charge in [0.2, 0.25) is 0 Å². The van der Waals surface area contributed by atoms with Crippen LogP contribution in [0.1, 0.15) is 49.9 Å². The van der Waals surface area contributed by atoms with Crippen molar-refractivity contribution in [1.29, 1.82) is 0 Å². The average Bonchev–Trinajstić information content (AvgIpc) is 2.38. The molecule has 1 aliphatic heterocycles. The number of rotatable bonds is 3. The van der Waals surface area contributed by atoms with Crippen molar-refractivity contribution in [1.82, 2.24) is 0 Å². The van der Waals surface area contributed by atoms with E-state index in [0.717, 1.165) is 18.7 Å². The van der Waals surface area contributed by atoms with Crippen molar-refractivity contribution in [3.05, 3.63) is 23.8 Å². The third-order valence-electron chi connectivity index (χ3n) is 3.79. The Morgan fingerprint density at radius 3 is 2.83 bits per heavy atom. The van der Waals surface area contributed by atoms with Crippen LogP contribution in [0, 0.1) is 0 Å². The number of ketones is 1. The quantitative estimate of drug-likeness (QED) is 0.833. The number of hydrogen-bond donors (Lipinski definition) is 1. The van der Waals surface area contributed by atoms with Gasteiger partial charge in [-0.25, -0.2) is 0 Å². The minimum Gasteiger partial charge on any atom is -0.507 e. The van der Waals surface area contributed by atoms with Crippen LogP contribution in [0.2, 0.25) is 0 Å². The van der Waals surface area contributed by atoms with Crippen LogP contribution in [-0.2, 0) is 0 Å². The molecule has 98 valence electrons. The molecule has 0 amide bonds. The molecule has 18 heavy (non-hydrogen) atoms. The second-order valence-corrected chi connectivity index (χ2v) is 5.01. The molecule has 1 heterocycles. The Bertz CT molecular complexity index is 442. The highest BCUT2D eigenvalue weighted by Crippen LogP contribution is 2.30. The number of phenols is 1. The summed E-state index contributed by atoms with van der Waals surface area (Å²) >= 11 is 0. The first-order valence-corrected chi connectivity index (χ1v) is 6.74. The number of piperidine rings is 1. The Balaban J connectivity index is 2.27. The smallest absolute Gasteiger partial charge is 0.163 e. The van der Waals surface area contributed by atoms with Gasteiger partial charge in [0, 0.05) is 24.3 Å². The maximum atomic E-state index is 11.3. The molecule has 2 rings (SSSR count). The Morgan fingerprint density at radius 1 is 1.44 bits per heavy atom. The summed E-state index contributed by atoms with van der Waals surface area (Å²) in [4.78, 5) is 13.7. The molecule has 0 aromatic heterocycles. The summed E-state index contributed by atoms with van der Waals surface area (Å²) in [6.07, 6.45) is 4.82. The summed E-state index contributed by atoms with van der Waals surface area (Å²) in [7, 11) is 0. The van der Waals surface area contributed by atoms with Crippen molar-refractivity contribution in [2.75, 3.05) is 11.4 Å². The third-order valence-corrected chi connectivity index (χ3v) is 3.79. The summed E-state index contributed by atoms with van der Waals surface area (Å²) in [5, 5.41) is 9.90. The summed E-state index contributed by atoms with van der Waals surface area (Å²) in [5.74, 6) is 0.00478. The molecule has 0 bridgehead atoms. The van der Waals surface area contributed by atoms with E-state index < -0.39 is 0 Å². The van der Waals surface area contributed by atoms with E-state index in [0.29, 0.717) is 11.6 Å². The lowest BCUT2D eigenvalue weighted by Gasteiger charge is -2.37. The lowest BCUT2D eigenvalue weighted by molar-refractivity contribution is 0.101. The van der Waals surface area contributed by atoms with Gasteiger partial charge in [0.15, 0.2) is 5.78 Å². The van der Waals surface area contributed by atoms with Crippen LogP contribution >= 0.6 is 0 Å². The highest BCUT2D eigenvalue weighted by molar-refractivity contribution is 5.97. The molecular formula is C15H21NO2.